The van der Waals surface area contributed by atoms with E-state index in [1.54, 1.807) is 31.2 Å². The van der Waals surface area contributed by atoms with Crippen molar-refractivity contribution in [1.82, 2.24) is 4.72 Å². The topological polar surface area (TPSA) is 46.2 Å². The van der Waals surface area contributed by atoms with Crippen LogP contribution in [0.15, 0.2) is 48.1 Å². The Morgan fingerprint density at radius 1 is 1.25 bits per heavy atom. The van der Waals surface area contributed by atoms with Gasteiger partial charge in [0.25, 0.3) is 5.91 Å². The zero-order valence-corrected chi connectivity index (χ0v) is 12.8. The average molecular weight is 289 g/mol. The third kappa shape index (κ3) is 5.05. The number of carbonyl (C=O) groups excluding carboxylic acids is 2. The zero-order chi connectivity index (χ0) is 15.0. The predicted molar refractivity (Wildman–Crippen MR) is 84.4 cm³/mol. The van der Waals surface area contributed by atoms with E-state index < -0.39 is 0 Å². The van der Waals surface area contributed by atoms with Crippen molar-refractivity contribution < 1.29 is 9.59 Å². The molecule has 0 aliphatic heterocycles. The Morgan fingerprint density at radius 3 is 2.45 bits per heavy atom. The summed E-state index contributed by atoms with van der Waals surface area (Å²) in [6, 6.07) is 7.25. The first-order chi connectivity index (χ1) is 9.58. The molecule has 3 nitrogen and oxygen atoms in total. The molecule has 106 valence electrons. The molecule has 0 saturated heterocycles. The number of allylic oxidation sites excluding steroid dienone is 2. The van der Waals surface area contributed by atoms with Gasteiger partial charge in [0.2, 0.25) is 5.12 Å². The summed E-state index contributed by atoms with van der Waals surface area (Å²) < 4.78 is 2.56. The minimum absolute atomic E-state index is 0.173. The Bertz CT molecular complexity index is 530. The van der Waals surface area contributed by atoms with Crippen LogP contribution >= 0.6 is 11.9 Å². The first-order valence-corrected chi connectivity index (χ1v) is 7.31. The molecule has 1 amide bonds. The van der Waals surface area contributed by atoms with Crippen LogP contribution in [0.1, 0.15) is 36.2 Å². The van der Waals surface area contributed by atoms with E-state index in [9.17, 15) is 9.59 Å². The van der Waals surface area contributed by atoms with Gasteiger partial charge in [0.1, 0.15) is 0 Å². The number of rotatable bonds is 4. The molecule has 0 heterocycles. The largest absolute Gasteiger partial charge is 0.289 e. The predicted octanol–water partition coefficient (Wildman–Crippen LogP) is 3.81. The summed E-state index contributed by atoms with van der Waals surface area (Å²) in [7, 11) is 0. The Balaban J connectivity index is 2.58. The maximum Gasteiger partial charge on any atom is 0.261 e. The molecule has 1 aromatic carbocycles. The molecule has 0 aromatic heterocycles. The summed E-state index contributed by atoms with van der Waals surface area (Å²) >= 11 is 0.807. The van der Waals surface area contributed by atoms with Crippen molar-refractivity contribution in [3.8, 4) is 0 Å². The number of hydrogen-bond acceptors (Lipinski definition) is 3. The minimum atomic E-state index is -0.261. The van der Waals surface area contributed by atoms with Gasteiger partial charge in [-0.2, -0.15) is 0 Å². The van der Waals surface area contributed by atoms with Crippen molar-refractivity contribution in [3.63, 3.8) is 0 Å². The number of hydrogen-bond donors (Lipinski definition) is 1. The number of benzene rings is 1. The smallest absolute Gasteiger partial charge is 0.261 e. The summed E-state index contributed by atoms with van der Waals surface area (Å²) in [5.74, 6) is -0.261. The molecule has 1 N–H and O–H groups in total. The molecule has 0 bridgehead atoms. The van der Waals surface area contributed by atoms with Gasteiger partial charge >= 0.3 is 0 Å². The van der Waals surface area contributed by atoms with E-state index >= 15 is 0 Å². The second-order valence-corrected chi connectivity index (χ2v) is 5.02. The SMILES string of the molecule is CC=C(C=CCC)C(=O)NSC(=O)c1ccc(C)cc1. The molecule has 1 aromatic rings. The molecular weight excluding hydrogens is 270 g/mol. The summed E-state index contributed by atoms with van der Waals surface area (Å²) in [5.41, 5.74) is 2.22. The van der Waals surface area contributed by atoms with Gasteiger partial charge < -0.3 is 0 Å². The molecule has 0 aliphatic carbocycles. The first-order valence-electron chi connectivity index (χ1n) is 6.49. The number of amides is 1. The van der Waals surface area contributed by atoms with Crippen molar-refractivity contribution >= 4 is 23.0 Å². The second kappa shape index (κ2) is 8.38. The van der Waals surface area contributed by atoms with E-state index in [0.29, 0.717) is 11.1 Å². The van der Waals surface area contributed by atoms with E-state index in [0.717, 1.165) is 23.9 Å². The lowest BCUT2D eigenvalue weighted by Gasteiger charge is -2.04. The molecule has 0 radical (unpaired) electrons. The highest BCUT2D eigenvalue weighted by Crippen LogP contribution is 2.11. The third-order valence-electron chi connectivity index (χ3n) is 2.63. The Kier molecular flexibility index (Phi) is 6.81. The van der Waals surface area contributed by atoms with E-state index in [4.69, 9.17) is 0 Å². The van der Waals surface area contributed by atoms with Crippen molar-refractivity contribution in [1.29, 1.82) is 0 Å². The van der Waals surface area contributed by atoms with Crippen LogP contribution in [0.2, 0.25) is 0 Å². The quantitative estimate of drug-likeness (QED) is 0.521. The standard InChI is InChI=1S/C16H19NO2S/c1-4-6-7-13(5-2)15(18)17-20-16(19)14-10-8-12(3)9-11-14/h5-11H,4H2,1-3H3,(H,17,18). The van der Waals surface area contributed by atoms with E-state index in [2.05, 4.69) is 4.72 Å². The number of aryl methyl sites for hydroxylation is 1. The van der Waals surface area contributed by atoms with Crippen LogP contribution in [0.4, 0.5) is 0 Å². The molecule has 4 heteroatoms. The van der Waals surface area contributed by atoms with Gasteiger partial charge in [-0.25, -0.2) is 0 Å². The molecule has 1 rings (SSSR count). The van der Waals surface area contributed by atoms with Crippen LogP contribution in [0, 0.1) is 6.92 Å². The van der Waals surface area contributed by atoms with Crippen LogP contribution in [0.3, 0.4) is 0 Å². The van der Waals surface area contributed by atoms with Gasteiger partial charge in [-0.1, -0.05) is 55.0 Å². The highest BCUT2D eigenvalue weighted by molar-refractivity contribution is 8.12. The summed E-state index contributed by atoms with van der Waals surface area (Å²) in [6.45, 7) is 5.75. The normalized spacial score (nSPS) is 11.7. The van der Waals surface area contributed by atoms with E-state index in [-0.39, 0.29) is 11.0 Å². The number of carbonyl (C=O) groups is 2. The van der Waals surface area contributed by atoms with Crippen LogP contribution < -0.4 is 4.72 Å². The Labute approximate surface area is 124 Å². The van der Waals surface area contributed by atoms with E-state index in [1.165, 1.54) is 0 Å². The maximum atomic E-state index is 11.9. The van der Waals surface area contributed by atoms with Crippen molar-refractivity contribution in [2.24, 2.45) is 0 Å². The van der Waals surface area contributed by atoms with Gasteiger partial charge in [-0.05, 0) is 20.3 Å². The van der Waals surface area contributed by atoms with Gasteiger partial charge in [-0.3, -0.25) is 14.3 Å². The van der Waals surface area contributed by atoms with Gasteiger partial charge in [-0.15, -0.1) is 0 Å². The fourth-order valence-electron chi connectivity index (χ4n) is 1.45. The average Bonchev–Trinajstić information content (AvgIpc) is 2.46. The molecule has 0 aliphatic rings. The fraction of sp³-hybridized carbons (Fsp3) is 0.250. The molecule has 0 atom stereocenters. The van der Waals surface area contributed by atoms with Gasteiger partial charge in [0, 0.05) is 23.1 Å². The van der Waals surface area contributed by atoms with Crippen LogP contribution in [0.25, 0.3) is 0 Å². The summed E-state index contributed by atoms with van der Waals surface area (Å²) in [4.78, 5) is 23.8. The lowest BCUT2D eigenvalue weighted by molar-refractivity contribution is -0.115. The molecule has 0 saturated carbocycles. The lowest BCUT2D eigenvalue weighted by atomic mass is 10.2. The first kappa shape index (κ1) is 16.2. The van der Waals surface area contributed by atoms with E-state index in [1.807, 2.05) is 32.1 Å². The molecular formula is C16H19NO2S. The molecule has 20 heavy (non-hydrogen) atoms. The monoisotopic (exact) mass is 289 g/mol. The van der Waals surface area contributed by atoms with Crippen LogP contribution in [0.5, 0.6) is 0 Å². The maximum absolute atomic E-state index is 11.9. The van der Waals surface area contributed by atoms with Crippen molar-refractivity contribution in [2.75, 3.05) is 0 Å². The second-order valence-electron chi connectivity index (χ2n) is 4.24. The van der Waals surface area contributed by atoms with Crippen LogP contribution in [-0.2, 0) is 4.79 Å². The Hall–Kier alpha value is -1.81. The fourth-order valence-corrected chi connectivity index (χ4v) is 2.01. The Morgan fingerprint density at radius 2 is 1.90 bits per heavy atom. The van der Waals surface area contributed by atoms with Gasteiger partial charge in [0.15, 0.2) is 0 Å². The summed E-state index contributed by atoms with van der Waals surface area (Å²) in [6.07, 6.45) is 6.24. The van der Waals surface area contributed by atoms with Crippen molar-refractivity contribution in [2.45, 2.75) is 27.2 Å². The zero-order valence-electron chi connectivity index (χ0n) is 12.0. The van der Waals surface area contributed by atoms with Gasteiger partial charge in [0.05, 0.1) is 0 Å². The molecule has 0 fully saturated rings. The highest BCUT2D eigenvalue weighted by Gasteiger charge is 2.10. The number of nitrogens with one attached hydrogen (secondary N) is 1. The molecule has 0 unspecified atom stereocenters. The van der Waals surface area contributed by atoms with Crippen LogP contribution in [-0.4, -0.2) is 11.0 Å². The van der Waals surface area contributed by atoms with Crippen molar-refractivity contribution in [3.05, 3.63) is 59.2 Å². The molecule has 0 spiro atoms. The summed E-state index contributed by atoms with van der Waals surface area (Å²) in [5, 5.41) is -0.173. The third-order valence-corrected chi connectivity index (χ3v) is 3.34. The highest BCUT2D eigenvalue weighted by atomic mass is 32.2. The minimum Gasteiger partial charge on any atom is -0.289 e. The lowest BCUT2D eigenvalue weighted by Crippen LogP contribution is -2.19.